The number of aliphatic hydroxyl groups excluding tert-OH is 1. The average molecular weight is 409 g/mol. The average Bonchev–Trinajstić information content (AvgIpc) is 2.35. The molecule has 0 aromatic carbocycles. The van der Waals surface area contributed by atoms with E-state index in [-0.39, 0.29) is 56.0 Å². The lowest BCUT2D eigenvalue weighted by Crippen LogP contribution is -2.46. The zero-order valence-electron chi connectivity index (χ0n) is 11.5. The van der Waals surface area contributed by atoms with Crippen molar-refractivity contribution in [2.24, 2.45) is 10.9 Å². The Morgan fingerprint density at radius 1 is 1.35 bits per heavy atom. The van der Waals surface area contributed by atoms with Crippen LogP contribution < -0.4 is 10.6 Å². The van der Waals surface area contributed by atoms with Crippen molar-refractivity contribution in [3.63, 3.8) is 0 Å². The molecule has 1 rings (SSSR count). The Morgan fingerprint density at radius 3 is 2.60 bits per heavy atom. The summed E-state index contributed by atoms with van der Waals surface area (Å²) >= 11 is 0. The molecule has 1 aliphatic carbocycles. The highest BCUT2D eigenvalue weighted by atomic mass is 127. The molecule has 20 heavy (non-hydrogen) atoms. The molecule has 1 saturated carbocycles. The summed E-state index contributed by atoms with van der Waals surface area (Å²) in [5.41, 5.74) is 0. The number of aliphatic imine (C=N–C) groups is 1. The van der Waals surface area contributed by atoms with Crippen molar-refractivity contribution >= 4 is 29.9 Å². The molecule has 0 aromatic heterocycles. The van der Waals surface area contributed by atoms with Gasteiger partial charge >= 0.3 is 6.18 Å². The van der Waals surface area contributed by atoms with Crippen LogP contribution in [0, 0.1) is 5.92 Å². The summed E-state index contributed by atoms with van der Waals surface area (Å²) in [6.07, 6.45) is -2.52. The number of aliphatic hydroxyl groups is 1. The van der Waals surface area contributed by atoms with Gasteiger partial charge in [0.25, 0.3) is 0 Å². The first-order valence-corrected chi connectivity index (χ1v) is 6.69. The molecule has 0 aliphatic heterocycles. The van der Waals surface area contributed by atoms with Crippen molar-refractivity contribution in [3.8, 4) is 0 Å². The molecule has 0 bridgehead atoms. The molecule has 0 radical (unpaired) electrons. The van der Waals surface area contributed by atoms with Crippen LogP contribution in [0.15, 0.2) is 4.99 Å². The predicted octanol–water partition coefficient (Wildman–Crippen LogP) is 2.27. The van der Waals surface area contributed by atoms with Gasteiger partial charge in [0.15, 0.2) is 5.96 Å². The topological polar surface area (TPSA) is 56.7 Å². The lowest BCUT2D eigenvalue weighted by atomic mass is 9.85. The van der Waals surface area contributed by atoms with Gasteiger partial charge < -0.3 is 15.7 Å². The summed E-state index contributed by atoms with van der Waals surface area (Å²) in [4.78, 5) is 4.08. The number of halogens is 4. The van der Waals surface area contributed by atoms with Crippen LogP contribution in [0.25, 0.3) is 0 Å². The molecule has 2 unspecified atom stereocenters. The van der Waals surface area contributed by atoms with Gasteiger partial charge in [-0.1, -0.05) is 6.42 Å². The minimum Gasteiger partial charge on any atom is -0.394 e. The molecule has 1 aliphatic rings. The van der Waals surface area contributed by atoms with Gasteiger partial charge in [-0.15, -0.1) is 24.0 Å². The maximum absolute atomic E-state index is 12.7. The zero-order chi connectivity index (χ0) is 14.3. The van der Waals surface area contributed by atoms with Crippen LogP contribution in [-0.2, 0) is 0 Å². The molecule has 0 aromatic rings. The molecular weight excluding hydrogens is 386 g/mol. The van der Waals surface area contributed by atoms with Crippen LogP contribution in [-0.4, -0.2) is 43.0 Å². The fourth-order valence-corrected chi connectivity index (χ4v) is 2.29. The molecule has 4 nitrogen and oxygen atoms in total. The molecule has 0 amide bonds. The number of rotatable bonds is 4. The number of nitrogens with one attached hydrogen (secondary N) is 2. The third kappa shape index (κ3) is 6.96. The Balaban J connectivity index is 0.00000361. The number of alkyl halides is 3. The largest absolute Gasteiger partial charge is 0.394 e. The smallest absolute Gasteiger partial charge is 0.391 e. The maximum atomic E-state index is 12.7. The van der Waals surface area contributed by atoms with Gasteiger partial charge in [0.05, 0.1) is 19.1 Å². The summed E-state index contributed by atoms with van der Waals surface area (Å²) in [6.45, 7) is 2.68. The molecule has 0 saturated heterocycles. The van der Waals surface area contributed by atoms with Gasteiger partial charge in [0.2, 0.25) is 0 Å². The van der Waals surface area contributed by atoms with Crippen LogP contribution in [0.5, 0.6) is 0 Å². The number of guanidine groups is 1. The van der Waals surface area contributed by atoms with Gasteiger partial charge in [-0.2, -0.15) is 13.2 Å². The van der Waals surface area contributed by atoms with E-state index in [2.05, 4.69) is 15.6 Å². The number of nitrogens with zero attached hydrogens (tertiary/aromatic N) is 1. The molecular formula is C12H23F3IN3O. The molecule has 120 valence electrons. The van der Waals surface area contributed by atoms with E-state index in [0.717, 1.165) is 6.42 Å². The summed E-state index contributed by atoms with van der Waals surface area (Å²) in [6, 6.07) is -0.211. The Kier molecular flexibility index (Phi) is 9.52. The SMILES string of the molecule is CCNC(=NCCO)NC1CCCC(C(F)(F)F)C1.I. The highest BCUT2D eigenvalue weighted by Crippen LogP contribution is 2.37. The van der Waals surface area contributed by atoms with Crippen LogP contribution in [0.2, 0.25) is 0 Å². The maximum Gasteiger partial charge on any atom is 0.391 e. The predicted molar refractivity (Wildman–Crippen MR) is 83.4 cm³/mol. The third-order valence-electron chi connectivity index (χ3n) is 3.19. The van der Waals surface area contributed by atoms with E-state index >= 15 is 0 Å². The van der Waals surface area contributed by atoms with E-state index in [1.807, 2.05) is 6.92 Å². The Morgan fingerprint density at radius 2 is 2.05 bits per heavy atom. The Hall–Kier alpha value is -0.250. The first-order chi connectivity index (χ1) is 8.97. The van der Waals surface area contributed by atoms with E-state index in [4.69, 9.17) is 5.11 Å². The van der Waals surface area contributed by atoms with Crippen LogP contribution in [0.4, 0.5) is 13.2 Å². The molecule has 3 N–H and O–H groups in total. The first-order valence-electron chi connectivity index (χ1n) is 6.69. The second-order valence-corrected chi connectivity index (χ2v) is 4.73. The standard InChI is InChI=1S/C12H22F3N3O.HI/c1-2-16-11(17-6-7-19)18-10-5-3-4-9(8-10)12(13,14)15;/h9-10,19H,2-8H2,1H3,(H2,16,17,18);1H. The van der Waals surface area contributed by atoms with E-state index < -0.39 is 12.1 Å². The summed E-state index contributed by atoms with van der Waals surface area (Å²) < 4.78 is 38.1. The Bertz CT molecular complexity index is 300. The molecule has 2 atom stereocenters. The van der Waals surface area contributed by atoms with Crippen molar-refractivity contribution in [2.75, 3.05) is 19.7 Å². The monoisotopic (exact) mass is 409 g/mol. The lowest BCUT2D eigenvalue weighted by Gasteiger charge is -2.31. The van der Waals surface area contributed by atoms with Crippen LogP contribution >= 0.6 is 24.0 Å². The normalized spacial score (nSPS) is 23.9. The van der Waals surface area contributed by atoms with Gasteiger partial charge in [0.1, 0.15) is 0 Å². The lowest BCUT2D eigenvalue weighted by molar-refractivity contribution is -0.183. The van der Waals surface area contributed by atoms with Gasteiger partial charge in [-0.25, -0.2) is 0 Å². The van der Waals surface area contributed by atoms with E-state index in [0.29, 0.717) is 18.9 Å². The van der Waals surface area contributed by atoms with E-state index in [1.54, 1.807) is 0 Å². The van der Waals surface area contributed by atoms with E-state index in [1.165, 1.54) is 0 Å². The summed E-state index contributed by atoms with van der Waals surface area (Å²) in [5, 5.41) is 14.7. The zero-order valence-corrected chi connectivity index (χ0v) is 13.9. The quantitative estimate of drug-likeness (QED) is 0.380. The van der Waals surface area contributed by atoms with Crippen molar-refractivity contribution in [2.45, 2.75) is 44.8 Å². The van der Waals surface area contributed by atoms with Gasteiger partial charge in [-0.05, 0) is 26.2 Å². The Labute approximate surface area is 134 Å². The fourth-order valence-electron chi connectivity index (χ4n) is 2.29. The van der Waals surface area contributed by atoms with Crippen molar-refractivity contribution in [1.82, 2.24) is 10.6 Å². The van der Waals surface area contributed by atoms with Crippen LogP contribution in [0.1, 0.15) is 32.6 Å². The van der Waals surface area contributed by atoms with Crippen molar-refractivity contribution in [3.05, 3.63) is 0 Å². The highest BCUT2D eigenvalue weighted by molar-refractivity contribution is 14.0. The third-order valence-corrected chi connectivity index (χ3v) is 3.19. The number of hydrogen-bond acceptors (Lipinski definition) is 2. The first kappa shape index (κ1) is 19.8. The molecule has 0 heterocycles. The van der Waals surface area contributed by atoms with Crippen molar-refractivity contribution < 1.29 is 18.3 Å². The van der Waals surface area contributed by atoms with Crippen molar-refractivity contribution in [1.29, 1.82) is 0 Å². The highest BCUT2D eigenvalue weighted by Gasteiger charge is 2.42. The van der Waals surface area contributed by atoms with Crippen LogP contribution in [0.3, 0.4) is 0 Å². The van der Waals surface area contributed by atoms with Gasteiger partial charge in [0, 0.05) is 12.6 Å². The van der Waals surface area contributed by atoms with Gasteiger partial charge in [-0.3, -0.25) is 4.99 Å². The summed E-state index contributed by atoms with van der Waals surface area (Å²) in [7, 11) is 0. The minimum absolute atomic E-state index is 0. The second-order valence-electron chi connectivity index (χ2n) is 4.73. The fraction of sp³-hybridized carbons (Fsp3) is 0.917. The molecule has 8 heteroatoms. The van der Waals surface area contributed by atoms with E-state index in [9.17, 15) is 13.2 Å². The molecule has 0 spiro atoms. The summed E-state index contributed by atoms with van der Waals surface area (Å²) in [5.74, 6) is -0.746. The number of hydrogen-bond donors (Lipinski definition) is 3. The second kappa shape index (κ2) is 9.64. The molecule has 1 fully saturated rings. The minimum atomic E-state index is -4.11.